The van der Waals surface area contributed by atoms with Crippen molar-refractivity contribution in [3.63, 3.8) is 0 Å². The summed E-state index contributed by atoms with van der Waals surface area (Å²) in [4.78, 5) is 15.5. The number of aromatic nitrogens is 2. The maximum absolute atomic E-state index is 11.4. The van der Waals surface area contributed by atoms with E-state index in [0.717, 1.165) is 25.7 Å². The molecule has 0 saturated heterocycles. The molecule has 18 heavy (non-hydrogen) atoms. The zero-order valence-electron chi connectivity index (χ0n) is 10.8. The van der Waals surface area contributed by atoms with E-state index in [2.05, 4.69) is 15.5 Å². The Kier molecular flexibility index (Phi) is 4.30. The fourth-order valence-electron chi connectivity index (χ4n) is 2.35. The molecule has 0 aliphatic heterocycles. The van der Waals surface area contributed by atoms with Gasteiger partial charge in [0.15, 0.2) is 5.82 Å². The molecule has 0 amide bonds. The fraction of sp³-hybridized carbons (Fsp3) is 0.750. The van der Waals surface area contributed by atoms with Gasteiger partial charge in [0.05, 0.1) is 19.6 Å². The summed E-state index contributed by atoms with van der Waals surface area (Å²) < 4.78 is 9.67. The van der Waals surface area contributed by atoms with Crippen molar-refractivity contribution in [2.45, 2.75) is 45.2 Å². The van der Waals surface area contributed by atoms with Gasteiger partial charge in [-0.3, -0.25) is 4.79 Å². The van der Waals surface area contributed by atoms with E-state index in [1.165, 1.54) is 7.11 Å². The highest BCUT2D eigenvalue weighted by molar-refractivity contribution is 5.72. The van der Waals surface area contributed by atoms with Crippen LogP contribution in [0.3, 0.4) is 0 Å². The number of esters is 1. The first-order valence-corrected chi connectivity index (χ1v) is 6.29. The number of nitrogens with one attached hydrogen (secondary N) is 1. The molecular weight excluding hydrogens is 234 g/mol. The predicted octanol–water partition coefficient (Wildman–Crippen LogP) is 1.20. The lowest BCUT2D eigenvalue weighted by atomic mass is 9.86. The Labute approximate surface area is 106 Å². The Hall–Kier alpha value is -1.43. The second kappa shape index (κ2) is 5.95. The molecule has 6 nitrogen and oxygen atoms in total. The van der Waals surface area contributed by atoms with Crippen LogP contribution in [0.4, 0.5) is 0 Å². The molecule has 1 saturated carbocycles. The topological polar surface area (TPSA) is 77.2 Å². The Bertz CT molecular complexity index is 397. The number of aryl methyl sites for hydroxylation is 1. The van der Waals surface area contributed by atoms with Crippen molar-refractivity contribution in [1.82, 2.24) is 15.5 Å². The number of nitrogens with zero attached hydrogens (tertiary/aromatic N) is 2. The van der Waals surface area contributed by atoms with E-state index in [1.54, 1.807) is 6.92 Å². The average molecular weight is 253 g/mol. The molecule has 1 aromatic heterocycles. The average Bonchev–Trinajstić information content (AvgIpc) is 2.82. The van der Waals surface area contributed by atoms with E-state index in [0.29, 0.717) is 24.3 Å². The zero-order valence-corrected chi connectivity index (χ0v) is 10.8. The molecule has 1 heterocycles. The summed E-state index contributed by atoms with van der Waals surface area (Å²) in [5.74, 6) is 1.26. The smallest absolute Gasteiger partial charge is 0.308 e. The van der Waals surface area contributed by atoms with E-state index in [1.807, 2.05) is 0 Å². The maximum Gasteiger partial charge on any atom is 0.308 e. The monoisotopic (exact) mass is 253 g/mol. The third-order valence-electron chi connectivity index (χ3n) is 3.38. The molecule has 2 rings (SSSR count). The van der Waals surface area contributed by atoms with E-state index >= 15 is 0 Å². The molecule has 0 aromatic carbocycles. The Morgan fingerprint density at radius 1 is 1.44 bits per heavy atom. The predicted molar refractivity (Wildman–Crippen MR) is 63.6 cm³/mol. The van der Waals surface area contributed by atoms with Crippen molar-refractivity contribution < 1.29 is 14.1 Å². The number of carbonyl (C=O) groups is 1. The molecule has 1 aromatic rings. The SMILES string of the molecule is COC(=O)C1CCC(NCc2noc(C)n2)CC1. The molecule has 1 fully saturated rings. The molecular formula is C12H19N3O3. The minimum atomic E-state index is -0.0813. The molecule has 0 unspecified atom stereocenters. The standard InChI is InChI=1S/C12H19N3O3/c1-8-14-11(15-18-8)7-13-10-5-3-9(4-6-10)12(16)17-2/h9-10,13H,3-7H2,1-2H3. The van der Waals surface area contributed by atoms with E-state index < -0.39 is 0 Å². The highest BCUT2D eigenvalue weighted by atomic mass is 16.5. The summed E-state index contributed by atoms with van der Waals surface area (Å²) in [6, 6.07) is 0.421. The summed E-state index contributed by atoms with van der Waals surface area (Å²) in [5, 5.41) is 7.23. The van der Waals surface area contributed by atoms with Crippen molar-refractivity contribution in [2.75, 3.05) is 7.11 Å². The van der Waals surface area contributed by atoms with Crippen LogP contribution < -0.4 is 5.32 Å². The van der Waals surface area contributed by atoms with E-state index in [-0.39, 0.29) is 11.9 Å². The summed E-state index contributed by atoms with van der Waals surface area (Å²) in [6.07, 6.45) is 3.73. The Morgan fingerprint density at radius 3 is 2.72 bits per heavy atom. The van der Waals surface area contributed by atoms with Gasteiger partial charge >= 0.3 is 5.97 Å². The van der Waals surface area contributed by atoms with Gasteiger partial charge in [-0.2, -0.15) is 4.98 Å². The first-order chi connectivity index (χ1) is 8.69. The molecule has 0 spiro atoms. The quantitative estimate of drug-likeness (QED) is 0.812. The lowest BCUT2D eigenvalue weighted by molar-refractivity contribution is -0.146. The van der Waals surface area contributed by atoms with E-state index in [4.69, 9.17) is 9.26 Å². The Morgan fingerprint density at radius 2 is 2.17 bits per heavy atom. The van der Waals surface area contributed by atoms with Crippen molar-refractivity contribution in [3.8, 4) is 0 Å². The minimum Gasteiger partial charge on any atom is -0.469 e. The van der Waals surface area contributed by atoms with Gasteiger partial charge < -0.3 is 14.6 Å². The summed E-state index contributed by atoms with van der Waals surface area (Å²) in [7, 11) is 1.45. The van der Waals surface area contributed by atoms with Crippen LogP contribution in [0.5, 0.6) is 0 Å². The van der Waals surface area contributed by atoms with Gasteiger partial charge in [-0.1, -0.05) is 5.16 Å². The van der Waals surface area contributed by atoms with Crippen molar-refractivity contribution in [3.05, 3.63) is 11.7 Å². The lowest BCUT2D eigenvalue weighted by Crippen LogP contribution is -2.35. The number of rotatable bonds is 4. The van der Waals surface area contributed by atoms with Gasteiger partial charge in [-0.25, -0.2) is 0 Å². The van der Waals surface area contributed by atoms with Crippen LogP contribution in [0, 0.1) is 12.8 Å². The van der Waals surface area contributed by atoms with Gasteiger partial charge in [0.25, 0.3) is 0 Å². The molecule has 6 heteroatoms. The van der Waals surface area contributed by atoms with Crippen molar-refractivity contribution >= 4 is 5.97 Å². The van der Waals surface area contributed by atoms with Gasteiger partial charge in [0.1, 0.15) is 0 Å². The van der Waals surface area contributed by atoms with Crippen LogP contribution in [0.15, 0.2) is 4.52 Å². The van der Waals surface area contributed by atoms with Gasteiger partial charge in [-0.05, 0) is 25.7 Å². The molecule has 1 aliphatic carbocycles. The van der Waals surface area contributed by atoms with Crippen LogP contribution in [0.1, 0.15) is 37.4 Å². The third kappa shape index (κ3) is 3.29. The maximum atomic E-state index is 11.4. The van der Waals surface area contributed by atoms with Crippen LogP contribution in [0.2, 0.25) is 0 Å². The molecule has 100 valence electrons. The normalized spacial score (nSPS) is 23.9. The van der Waals surface area contributed by atoms with Crippen LogP contribution >= 0.6 is 0 Å². The number of ether oxygens (including phenoxy) is 1. The van der Waals surface area contributed by atoms with Gasteiger partial charge in [0, 0.05) is 13.0 Å². The lowest BCUT2D eigenvalue weighted by Gasteiger charge is -2.27. The molecule has 1 aliphatic rings. The van der Waals surface area contributed by atoms with Crippen LogP contribution in [0.25, 0.3) is 0 Å². The Balaban J connectivity index is 1.72. The first kappa shape index (κ1) is 13.0. The largest absolute Gasteiger partial charge is 0.469 e. The molecule has 0 radical (unpaired) electrons. The number of methoxy groups -OCH3 is 1. The minimum absolute atomic E-state index is 0.0699. The van der Waals surface area contributed by atoms with Gasteiger partial charge in [0.2, 0.25) is 5.89 Å². The zero-order chi connectivity index (χ0) is 13.0. The number of hydrogen-bond donors (Lipinski definition) is 1. The summed E-state index contributed by atoms with van der Waals surface area (Å²) in [6.45, 7) is 2.39. The van der Waals surface area contributed by atoms with Crippen LogP contribution in [-0.4, -0.2) is 29.3 Å². The second-order valence-electron chi connectivity index (χ2n) is 4.68. The summed E-state index contributed by atoms with van der Waals surface area (Å²) in [5.41, 5.74) is 0. The third-order valence-corrected chi connectivity index (χ3v) is 3.38. The van der Waals surface area contributed by atoms with Crippen LogP contribution in [-0.2, 0) is 16.1 Å². The molecule has 1 N–H and O–H groups in total. The van der Waals surface area contributed by atoms with Gasteiger partial charge in [-0.15, -0.1) is 0 Å². The van der Waals surface area contributed by atoms with Crippen molar-refractivity contribution in [1.29, 1.82) is 0 Å². The number of carbonyl (C=O) groups excluding carboxylic acids is 1. The highest BCUT2D eigenvalue weighted by Crippen LogP contribution is 2.25. The summed E-state index contributed by atoms with van der Waals surface area (Å²) >= 11 is 0. The number of hydrogen-bond acceptors (Lipinski definition) is 6. The second-order valence-corrected chi connectivity index (χ2v) is 4.68. The fourth-order valence-corrected chi connectivity index (χ4v) is 2.35. The molecule has 0 bridgehead atoms. The van der Waals surface area contributed by atoms with Crippen molar-refractivity contribution in [2.24, 2.45) is 5.92 Å². The molecule has 0 atom stereocenters. The highest BCUT2D eigenvalue weighted by Gasteiger charge is 2.26. The van der Waals surface area contributed by atoms with E-state index in [9.17, 15) is 4.79 Å². The first-order valence-electron chi connectivity index (χ1n) is 6.29.